The normalized spacial score (nSPS) is 12.2. The molecule has 2 N–H and O–H groups in total. The number of aryl methyl sites for hydroxylation is 3. The van der Waals surface area contributed by atoms with Gasteiger partial charge >= 0.3 is 0 Å². The molecule has 0 amide bonds. The van der Waals surface area contributed by atoms with Gasteiger partial charge in [-0.25, -0.2) is 0 Å². The molecule has 2 aromatic rings. The Morgan fingerprint density at radius 1 is 0.905 bits per heavy atom. The van der Waals surface area contributed by atoms with E-state index in [0.717, 1.165) is 6.54 Å². The molecule has 2 nitrogen and oxygen atoms in total. The minimum Gasteiger partial charge on any atom is -0.363 e. The van der Waals surface area contributed by atoms with E-state index in [4.69, 9.17) is 5.73 Å². The Morgan fingerprint density at radius 2 is 1.48 bits per heavy atom. The highest BCUT2D eigenvalue weighted by Crippen LogP contribution is 2.32. The van der Waals surface area contributed by atoms with Gasteiger partial charge in [-0.05, 0) is 56.0 Å². The molecule has 21 heavy (non-hydrogen) atoms. The summed E-state index contributed by atoms with van der Waals surface area (Å²) in [5.41, 5.74) is 12.7. The van der Waals surface area contributed by atoms with Crippen molar-refractivity contribution in [3.8, 4) is 0 Å². The number of benzene rings is 2. The van der Waals surface area contributed by atoms with Crippen molar-refractivity contribution in [2.45, 2.75) is 33.7 Å². The van der Waals surface area contributed by atoms with Gasteiger partial charge in [-0.3, -0.25) is 0 Å². The first-order chi connectivity index (χ1) is 10.1. The predicted molar refractivity (Wildman–Crippen MR) is 91.9 cm³/mol. The van der Waals surface area contributed by atoms with Crippen LogP contribution < -0.4 is 10.6 Å². The third kappa shape index (κ3) is 3.11. The first-order valence-electron chi connectivity index (χ1n) is 7.68. The molecule has 0 spiro atoms. The number of hydrogen-bond acceptors (Lipinski definition) is 2. The fourth-order valence-corrected chi connectivity index (χ4v) is 3.20. The van der Waals surface area contributed by atoms with E-state index >= 15 is 0 Å². The molecule has 2 rings (SSSR count). The standard InChI is InChI=1S/C19H26N2/c1-5-21(17-12-7-6-9-14(17)2)18(13-20)19-15(3)10-8-11-16(19)4/h6-12,18H,5,13,20H2,1-4H3. The summed E-state index contributed by atoms with van der Waals surface area (Å²) in [4.78, 5) is 2.42. The maximum absolute atomic E-state index is 6.16. The van der Waals surface area contributed by atoms with Crippen LogP contribution in [-0.4, -0.2) is 13.1 Å². The Hall–Kier alpha value is -1.80. The van der Waals surface area contributed by atoms with Gasteiger partial charge < -0.3 is 10.6 Å². The smallest absolute Gasteiger partial charge is 0.0669 e. The minimum absolute atomic E-state index is 0.220. The first-order valence-corrected chi connectivity index (χ1v) is 7.68. The van der Waals surface area contributed by atoms with Gasteiger partial charge in [-0.15, -0.1) is 0 Å². The van der Waals surface area contributed by atoms with Crippen molar-refractivity contribution >= 4 is 5.69 Å². The number of hydrogen-bond donors (Lipinski definition) is 1. The molecule has 0 saturated carbocycles. The van der Waals surface area contributed by atoms with Gasteiger partial charge in [0.15, 0.2) is 0 Å². The zero-order chi connectivity index (χ0) is 15.4. The molecule has 1 atom stereocenters. The second kappa shape index (κ2) is 6.77. The number of nitrogens with zero attached hydrogens (tertiary/aromatic N) is 1. The summed E-state index contributed by atoms with van der Waals surface area (Å²) in [5, 5.41) is 0. The van der Waals surface area contributed by atoms with E-state index in [0.29, 0.717) is 6.54 Å². The van der Waals surface area contributed by atoms with Gasteiger partial charge in [0.1, 0.15) is 0 Å². The highest BCUT2D eigenvalue weighted by atomic mass is 15.2. The van der Waals surface area contributed by atoms with E-state index in [-0.39, 0.29) is 6.04 Å². The zero-order valence-corrected chi connectivity index (χ0v) is 13.6. The van der Waals surface area contributed by atoms with Crippen molar-refractivity contribution in [1.82, 2.24) is 0 Å². The number of anilines is 1. The van der Waals surface area contributed by atoms with Crippen molar-refractivity contribution in [2.75, 3.05) is 18.0 Å². The summed E-state index contributed by atoms with van der Waals surface area (Å²) in [5.74, 6) is 0. The molecule has 2 aromatic carbocycles. The lowest BCUT2D eigenvalue weighted by atomic mass is 9.94. The van der Waals surface area contributed by atoms with Crippen molar-refractivity contribution in [2.24, 2.45) is 5.73 Å². The Balaban J connectivity index is 2.51. The van der Waals surface area contributed by atoms with E-state index in [9.17, 15) is 0 Å². The van der Waals surface area contributed by atoms with E-state index in [1.165, 1.54) is 27.9 Å². The highest BCUT2D eigenvalue weighted by Gasteiger charge is 2.22. The van der Waals surface area contributed by atoms with Crippen LogP contribution in [0.4, 0.5) is 5.69 Å². The Morgan fingerprint density at radius 3 is 2.00 bits per heavy atom. The van der Waals surface area contributed by atoms with Crippen molar-refractivity contribution in [3.63, 3.8) is 0 Å². The monoisotopic (exact) mass is 282 g/mol. The fourth-order valence-electron chi connectivity index (χ4n) is 3.20. The van der Waals surface area contributed by atoms with Crippen LogP contribution in [0.3, 0.4) is 0 Å². The lowest BCUT2D eigenvalue weighted by Gasteiger charge is -2.35. The van der Waals surface area contributed by atoms with Crippen LogP contribution in [0.15, 0.2) is 42.5 Å². The van der Waals surface area contributed by atoms with Crippen LogP contribution in [0.1, 0.15) is 35.2 Å². The molecule has 0 aliphatic rings. The Kier molecular flexibility index (Phi) is 5.03. The molecule has 0 bridgehead atoms. The predicted octanol–water partition coefficient (Wildman–Crippen LogP) is 4.14. The fraction of sp³-hybridized carbons (Fsp3) is 0.368. The summed E-state index contributed by atoms with van der Waals surface area (Å²) in [6.07, 6.45) is 0. The molecular formula is C19H26N2. The maximum atomic E-state index is 6.16. The van der Waals surface area contributed by atoms with Crippen LogP contribution in [0.25, 0.3) is 0 Å². The van der Waals surface area contributed by atoms with Gasteiger partial charge in [0.2, 0.25) is 0 Å². The molecular weight excluding hydrogens is 256 g/mol. The largest absolute Gasteiger partial charge is 0.363 e. The van der Waals surface area contributed by atoms with Gasteiger partial charge in [0, 0.05) is 18.8 Å². The summed E-state index contributed by atoms with van der Waals surface area (Å²) < 4.78 is 0. The summed E-state index contributed by atoms with van der Waals surface area (Å²) in [6.45, 7) is 10.3. The zero-order valence-electron chi connectivity index (χ0n) is 13.6. The van der Waals surface area contributed by atoms with Crippen LogP contribution in [0, 0.1) is 20.8 Å². The molecule has 112 valence electrons. The SMILES string of the molecule is CCN(c1ccccc1C)C(CN)c1c(C)cccc1C. The second-order valence-corrected chi connectivity index (χ2v) is 5.63. The van der Waals surface area contributed by atoms with Crippen LogP contribution in [0.2, 0.25) is 0 Å². The van der Waals surface area contributed by atoms with Gasteiger partial charge in [0.05, 0.1) is 6.04 Å². The molecule has 0 aliphatic heterocycles. The van der Waals surface area contributed by atoms with Gasteiger partial charge in [-0.2, -0.15) is 0 Å². The summed E-state index contributed by atoms with van der Waals surface area (Å²) >= 11 is 0. The summed E-state index contributed by atoms with van der Waals surface area (Å²) in [7, 11) is 0. The minimum atomic E-state index is 0.220. The van der Waals surface area contributed by atoms with E-state index in [1.807, 2.05) is 0 Å². The lowest BCUT2D eigenvalue weighted by molar-refractivity contribution is 0.635. The number of likely N-dealkylation sites (N-methyl/N-ethyl adjacent to an activating group) is 1. The molecule has 0 radical (unpaired) electrons. The molecule has 0 heterocycles. The van der Waals surface area contributed by atoms with Crippen molar-refractivity contribution in [1.29, 1.82) is 0 Å². The van der Waals surface area contributed by atoms with Gasteiger partial charge in [0.25, 0.3) is 0 Å². The van der Waals surface area contributed by atoms with E-state index in [1.54, 1.807) is 0 Å². The van der Waals surface area contributed by atoms with Crippen LogP contribution in [0.5, 0.6) is 0 Å². The van der Waals surface area contributed by atoms with Crippen molar-refractivity contribution in [3.05, 3.63) is 64.7 Å². The number of nitrogens with two attached hydrogens (primary N) is 1. The Bertz CT molecular complexity index is 584. The third-order valence-corrected chi connectivity index (χ3v) is 4.24. The van der Waals surface area contributed by atoms with E-state index < -0.39 is 0 Å². The summed E-state index contributed by atoms with van der Waals surface area (Å²) in [6, 6.07) is 15.2. The highest BCUT2D eigenvalue weighted by molar-refractivity contribution is 5.56. The number of para-hydroxylation sites is 1. The average molecular weight is 282 g/mol. The average Bonchev–Trinajstić information content (AvgIpc) is 2.47. The molecule has 2 heteroatoms. The molecule has 0 aromatic heterocycles. The topological polar surface area (TPSA) is 29.3 Å². The molecule has 1 unspecified atom stereocenters. The Labute approximate surface area is 128 Å². The van der Waals surface area contributed by atoms with E-state index in [2.05, 4.69) is 75.1 Å². The van der Waals surface area contributed by atoms with Crippen LogP contribution >= 0.6 is 0 Å². The number of rotatable bonds is 5. The quantitative estimate of drug-likeness (QED) is 0.893. The first kappa shape index (κ1) is 15.6. The maximum Gasteiger partial charge on any atom is 0.0669 e. The molecule has 0 saturated heterocycles. The lowest BCUT2D eigenvalue weighted by Crippen LogP contribution is -2.35. The molecule has 0 fully saturated rings. The van der Waals surface area contributed by atoms with Crippen molar-refractivity contribution < 1.29 is 0 Å². The van der Waals surface area contributed by atoms with Crippen LogP contribution in [-0.2, 0) is 0 Å². The molecule has 0 aliphatic carbocycles. The third-order valence-electron chi connectivity index (χ3n) is 4.24. The second-order valence-electron chi connectivity index (χ2n) is 5.63. The van der Waals surface area contributed by atoms with Gasteiger partial charge in [-0.1, -0.05) is 36.4 Å².